The van der Waals surface area contributed by atoms with Crippen LogP contribution in [0.15, 0.2) is 77.9 Å². The molecule has 0 radical (unpaired) electrons. The zero-order chi connectivity index (χ0) is 15.5. The molecule has 0 saturated heterocycles. The molecule has 1 heterocycles. The average molecular weight is 290 g/mol. The predicted octanol–water partition coefficient (Wildman–Crippen LogP) is 4.08. The molecule has 1 aliphatic heterocycles. The number of ketones is 1. The molecule has 110 valence electrons. The van der Waals surface area contributed by atoms with Crippen LogP contribution >= 0.6 is 0 Å². The summed E-state index contributed by atoms with van der Waals surface area (Å²) in [4.78, 5) is 12.6. The van der Waals surface area contributed by atoms with Crippen LogP contribution in [0.25, 0.3) is 0 Å². The molecule has 0 aromatic heterocycles. The highest BCUT2D eigenvalue weighted by molar-refractivity contribution is 6.46. The third-order valence-electron chi connectivity index (χ3n) is 3.80. The highest BCUT2D eigenvalue weighted by atomic mass is 16.1. The second kappa shape index (κ2) is 5.98. The minimum absolute atomic E-state index is 0.00900. The first-order valence-electron chi connectivity index (χ1n) is 7.33. The molecule has 0 amide bonds. The van der Waals surface area contributed by atoms with Crippen LogP contribution in [0.2, 0.25) is 0 Å². The molecule has 2 aromatic rings. The summed E-state index contributed by atoms with van der Waals surface area (Å²) in [6, 6.07) is 19.2. The van der Waals surface area contributed by atoms with Gasteiger partial charge in [0.25, 0.3) is 0 Å². The van der Waals surface area contributed by atoms with E-state index in [1.807, 2.05) is 72.6 Å². The molecular weight excluding hydrogens is 272 g/mol. The molecule has 0 aliphatic carbocycles. The lowest BCUT2D eigenvalue weighted by atomic mass is 9.99. The first-order chi connectivity index (χ1) is 10.7. The van der Waals surface area contributed by atoms with E-state index < -0.39 is 0 Å². The van der Waals surface area contributed by atoms with Gasteiger partial charge in [-0.2, -0.15) is 5.10 Å². The van der Waals surface area contributed by atoms with Crippen molar-refractivity contribution < 1.29 is 4.79 Å². The molecule has 0 saturated carbocycles. The zero-order valence-corrected chi connectivity index (χ0v) is 12.6. The van der Waals surface area contributed by atoms with Gasteiger partial charge in [0.05, 0.1) is 11.7 Å². The number of hydrogen-bond donors (Lipinski definition) is 0. The SMILES string of the molecule is C=C(C)C1CC(C(=O)c2ccccc2)=NN1c1ccccc1. The van der Waals surface area contributed by atoms with Crippen molar-refractivity contribution in [3.8, 4) is 0 Å². The van der Waals surface area contributed by atoms with Gasteiger partial charge >= 0.3 is 0 Å². The normalized spacial score (nSPS) is 17.2. The van der Waals surface area contributed by atoms with E-state index in [-0.39, 0.29) is 11.8 Å². The van der Waals surface area contributed by atoms with Crippen molar-refractivity contribution in [2.75, 3.05) is 5.01 Å². The summed E-state index contributed by atoms with van der Waals surface area (Å²) in [6.45, 7) is 6.03. The molecule has 0 spiro atoms. The Bertz CT molecular complexity index is 720. The van der Waals surface area contributed by atoms with Crippen LogP contribution in [-0.4, -0.2) is 17.5 Å². The lowest BCUT2D eigenvalue weighted by Gasteiger charge is -2.23. The number of hydrogen-bond acceptors (Lipinski definition) is 3. The number of carbonyl (C=O) groups excluding carboxylic acids is 1. The maximum Gasteiger partial charge on any atom is 0.209 e. The van der Waals surface area contributed by atoms with Gasteiger partial charge in [-0.1, -0.05) is 60.7 Å². The summed E-state index contributed by atoms with van der Waals surface area (Å²) >= 11 is 0. The molecule has 1 aliphatic rings. The van der Waals surface area contributed by atoms with Crippen molar-refractivity contribution in [2.24, 2.45) is 5.10 Å². The van der Waals surface area contributed by atoms with Crippen LogP contribution in [-0.2, 0) is 0 Å². The molecule has 1 atom stereocenters. The van der Waals surface area contributed by atoms with Gasteiger partial charge in [0.15, 0.2) is 0 Å². The van der Waals surface area contributed by atoms with E-state index in [0.29, 0.717) is 17.7 Å². The van der Waals surface area contributed by atoms with Crippen molar-refractivity contribution >= 4 is 17.2 Å². The molecule has 3 heteroatoms. The van der Waals surface area contributed by atoms with Crippen molar-refractivity contribution in [1.29, 1.82) is 0 Å². The third kappa shape index (κ3) is 2.70. The van der Waals surface area contributed by atoms with Gasteiger partial charge in [0.1, 0.15) is 5.71 Å². The van der Waals surface area contributed by atoms with E-state index in [0.717, 1.165) is 11.3 Å². The van der Waals surface area contributed by atoms with Crippen LogP contribution in [0.1, 0.15) is 23.7 Å². The number of rotatable bonds is 4. The van der Waals surface area contributed by atoms with Crippen LogP contribution in [0.5, 0.6) is 0 Å². The second-order valence-electron chi connectivity index (χ2n) is 5.49. The van der Waals surface area contributed by atoms with Gasteiger partial charge in [-0.05, 0) is 19.1 Å². The standard InChI is InChI=1S/C19H18N2O/c1-14(2)18-13-17(19(22)15-9-5-3-6-10-15)20-21(18)16-11-7-4-8-12-16/h3-12,18H,1,13H2,2H3. The summed E-state index contributed by atoms with van der Waals surface area (Å²) in [7, 11) is 0. The van der Waals surface area contributed by atoms with Crippen molar-refractivity contribution in [3.63, 3.8) is 0 Å². The lowest BCUT2D eigenvalue weighted by molar-refractivity contribution is 0.106. The number of nitrogens with zero attached hydrogens (tertiary/aromatic N) is 2. The number of Topliss-reactive ketones (excluding diaryl/α,β-unsaturated/α-hetero) is 1. The second-order valence-corrected chi connectivity index (χ2v) is 5.49. The van der Waals surface area contributed by atoms with Crippen LogP contribution < -0.4 is 5.01 Å². The Labute approximate surface area is 130 Å². The fourth-order valence-corrected chi connectivity index (χ4v) is 2.61. The Morgan fingerprint density at radius 2 is 1.68 bits per heavy atom. The summed E-state index contributed by atoms with van der Waals surface area (Å²) in [5.41, 5.74) is 3.24. The molecular formula is C19H18N2O. The molecule has 3 rings (SSSR count). The van der Waals surface area contributed by atoms with Crippen molar-refractivity contribution in [1.82, 2.24) is 0 Å². The summed E-state index contributed by atoms with van der Waals surface area (Å²) in [5, 5.41) is 6.48. The topological polar surface area (TPSA) is 32.7 Å². The first-order valence-corrected chi connectivity index (χ1v) is 7.33. The van der Waals surface area contributed by atoms with Gasteiger partial charge in [0.2, 0.25) is 5.78 Å². The molecule has 2 aromatic carbocycles. The Kier molecular flexibility index (Phi) is 3.88. The maximum absolute atomic E-state index is 12.6. The van der Waals surface area contributed by atoms with Gasteiger partial charge < -0.3 is 0 Å². The molecule has 0 fully saturated rings. The Morgan fingerprint density at radius 1 is 1.09 bits per heavy atom. The van der Waals surface area contributed by atoms with Crippen LogP contribution in [0.4, 0.5) is 5.69 Å². The largest absolute Gasteiger partial charge is 0.287 e. The van der Waals surface area contributed by atoms with E-state index in [9.17, 15) is 4.79 Å². The van der Waals surface area contributed by atoms with Gasteiger partial charge in [-0.15, -0.1) is 0 Å². The molecule has 0 N–H and O–H groups in total. The average Bonchev–Trinajstić information content (AvgIpc) is 3.01. The van der Waals surface area contributed by atoms with Crippen molar-refractivity contribution in [2.45, 2.75) is 19.4 Å². The summed E-state index contributed by atoms with van der Waals surface area (Å²) in [6.07, 6.45) is 0.595. The van der Waals surface area contributed by atoms with Crippen LogP contribution in [0, 0.1) is 0 Å². The first kappa shape index (κ1) is 14.3. The highest BCUT2D eigenvalue weighted by Gasteiger charge is 2.31. The number of benzene rings is 2. The van der Waals surface area contributed by atoms with Gasteiger partial charge in [-0.25, -0.2) is 0 Å². The number of anilines is 1. The van der Waals surface area contributed by atoms with E-state index in [4.69, 9.17) is 0 Å². The zero-order valence-electron chi connectivity index (χ0n) is 12.6. The fourth-order valence-electron chi connectivity index (χ4n) is 2.61. The Hall–Kier alpha value is -2.68. The monoisotopic (exact) mass is 290 g/mol. The highest BCUT2D eigenvalue weighted by Crippen LogP contribution is 2.28. The number of hydrazone groups is 1. The summed E-state index contributed by atoms with van der Waals surface area (Å²) in [5.74, 6) is -0.00900. The van der Waals surface area contributed by atoms with E-state index in [1.165, 1.54) is 0 Å². The third-order valence-corrected chi connectivity index (χ3v) is 3.80. The quantitative estimate of drug-likeness (QED) is 0.628. The number of para-hydroxylation sites is 1. The maximum atomic E-state index is 12.6. The molecule has 22 heavy (non-hydrogen) atoms. The Balaban J connectivity index is 1.93. The molecule has 0 bridgehead atoms. The van der Waals surface area contributed by atoms with E-state index >= 15 is 0 Å². The predicted molar refractivity (Wildman–Crippen MR) is 90.3 cm³/mol. The molecule has 3 nitrogen and oxygen atoms in total. The van der Waals surface area contributed by atoms with Gasteiger partial charge in [0, 0.05) is 12.0 Å². The van der Waals surface area contributed by atoms with Gasteiger partial charge in [-0.3, -0.25) is 9.80 Å². The van der Waals surface area contributed by atoms with E-state index in [2.05, 4.69) is 11.7 Å². The minimum Gasteiger partial charge on any atom is -0.287 e. The van der Waals surface area contributed by atoms with Crippen LogP contribution in [0.3, 0.4) is 0 Å². The van der Waals surface area contributed by atoms with E-state index in [1.54, 1.807) is 0 Å². The fraction of sp³-hybridized carbons (Fsp3) is 0.158. The molecule has 1 unspecified atom stereocenters. The smallest absolute Gasteiger partial charge is 0.209 e. The number of carbonyl (C=O) groups is 1. The Morgan fingerprint density at radius 3 is 2.27 bits per heavy atom. The minimum atomic E-state index is -0.00900. The summed E-state index contributed by atoms with van der Waals surface area (Å²) < 4.78 is 0. The van der Waals surface area contributed by atoms with Crippen molar-refractivity contribution in [3.05, 3.63) is 78.4 Å². The lowest BCUT2D eigenvalue weighted by Crippen LogP contribution is -2.27.